The van der Waals surface area contributed by atoms with Crippen LogP contribution in [0.4, 0.5) is 5.95 Å². The third kappa shape index (κ3) is 2.78. The largest absolute Gasteiger partial charge is 0.492 e. The molecule has 1 aliphatic rings. The molecule has 1 N–H and O–H groups in total. The number of rotatable bonds is 2. The van der Waals surface area contributed by atoms with E-state index in [1.165, 1.54) is 16.9 Å². The molecule has 7 heteroatoms. The van der Waals surface area contributed by atoms with Crippen LogP contribution in [0.3, 0.4) is 0 Å². The normalized spacial score (nSPS) is 17.0. The number of hydrogen-bond donors (Lipinski definition) is 1. The van der Waals surface area contributed by atoms with Gasteiger partial charge in [-0.15, -0.1) is 0 Å². The van der Waals surface area contributed by atoms with Crippen LogP contribution in [-0.4, -0.2) is 26.0 Å². The fourth-order valence-corrected chi connectivity index (χ4v) is 2.95. The molecule has 0 saturated heterocycles. The number of aliphatic hydroxyl groups excluding tert-OH is 1. The van der Waals surface area contributed by atoms with Crippen LogP contribution < -0.4 is 5.01 Å². The van der Waals surface area contributed by atoms with Crippen molar-refractivity contribution in [2.75, 3.05) is 5.01 Å². The summed E-state index contributed by atoms with van der Waals surface area (Å²) in [5, 5.41) is 22.7. The van der Waals surface area contributed by atoms with Gasteiger partial charge in [0.15, 0.2) is 0 Å². The maximum atomic E-state index is 12.4. The Kier molecular flexibility index (Phi) is 4.11. The lowest BCUT2D eigenvalue weighted by molar-refractivity contribution is -0.130. The first kappa shape index (κ1) is 16.5. The minimum absolute atomic E-state index is 0.0733. The number of benzene rings is 1. The van der Waals surface area contributed by atoms with Gasteiger partial charge in [-0.1, -0.05) is 30.3 Å². The number of hydrogen-bond acceptors (Lipinski definition) is 6. The highest BCUT2D eigenvalue weighted by molar-refractivity contribution is 5.79. The number of aromatic nitrogens is 2. The fourth-order valence-electron chi connectivity index (χ4n) is 2.95. The van der Waals surface area contributed by atoms with Crippen molar-refractivity contribution in [2.24, 2.45) is 0 Å². The van der Waals surface area contributed by atoms with Crippen molar-refractivity contribution >= 4 is 11.9 Å². The van der Waals surface area contributed by atoms with Gasteiger partial charge in [-0.25, -0.2) is 15.0 Å². The zero-order valence-electron chi connectivity index (χ0n) is 14.1. The second-order valence-corrected chi connectivity index (χ2v) is 5.79. The number of aryl methyl sites for hydroxylation is 2. The predicted octanol–water partition coefficient (Wildman–Crippen LogP) is 2.71. The number of carbonyl (C=O) groups is 1. The third-order valence-electron chi connectivity index (χ3n) is 3.89. The highest BCUT2D eigenvalue weighted by atomic mass is 16.3. The standard InChI is InChI=1S/C18H17N5O2/c1-11-9-12(2)21-18(20-11)23-17(25)15(10-19)16(22(23)13(3)24)14-7-5-4-6-8-14/h4-9,16,25H,1-3H3. The van der Waals surface area contributed by atoms with E-state index in [1.807, 2.05) is 24.3 Å². The van der Waals surface area contributed by atoms with Crippen molar-refractivity contribution in [1.29, 1.82) is 5.26 Å². The quantitative estimate of drug-likeness (QED) is 0.907. The van der Waals surface area contributed by atoms with Gasteiger partial charge in [-0.05, 0) is 25.5 Å². The second kappa shape index (κ2) is 6.24. The Morgan fingerprint density at radius 2 is 1.80 bits per heavy atom. The Labute approximate surface area is 145 Å². The lowest BCUT2D eigenvalue weighted by Crippen LogP contribution is -2.43. The van der Waals surface area contributed by atoms with Crippen molar-refractivity contribution in [3.8, 4) is 6.07 Å². The van der Waals surface area contributed by atoms with Crippen LogP contribution in [0.1, 0.15) is 29.9 Å². The Morgan fingerprint density at radius 3 is 2.32 bits per heavy atom. The average molecular weight is 335 g/mol. The van der Waals surface area contributed by atoms with Gasteiger partial charge in [0.05, 0.1) is 0 Å². The maximum Gasteiger partial charge on any atom is 0.252 e. The van der Waals surface area contributed by atoms with Crippen LogP contribution in [0.25, 0.3) is 0 Å². The molecule has 0 aliphatic carbocycles. The molecule has 1 aliphatic heterocycles. The van der Waals surface area contributed by atoms with Crippen LogP contribution >= 0.6 is 0 Å². The van der Waals surface area contributed by atoms with E-state index >= 15 is 0 Å². The van der Waals surface area contributed by atoms with Crippen molar-refractivity contribution < 1.29 is 9.90 Å². The molecule has 1 unspecified atom stereocenters. The van der Waals surface area contributed by atoms with E-state index in [1.54, 1.807) is 32.0 Å². The molecule has 2 aromatic rings. The maximum absolute atomic E-state index is 12.4. The molecule has 1 amide bonds. The number of carbonyl (C=O) groups excluding carboxylic acids is 1. The monoisotopic (exact) mass is 335 g/mol. The fraction of sp³-hybridized carbons (Fsp3) is 0.222. The molecule has 1 aromatic carbocycles. The van der Waals surface area contributed by atoms with Crippen molar-refractivity contribution in [3.63, 3.8) is 0 Å². The zero-order chi connectivity index (χ0) is 18.1. The summed E-state index contributed by atoms with van der Waals surface area (Å²) >= 11 is 0. The van der Waals surface area contributed by atoms with Gasteiger partial charge >= 0.3 is 0 Å². The summed E-state index contributed by atoms with van der Waals surface area (Å²) in [7, 11) is 0. The second-order valence-electron chi connectivity index (χ2n) is 5.79. The molecule has 3 rings (SSSR count). The lowest BCUT2D eigenvalue weighted by Gasteiger charge is -2.31. The summed E-state index contributed by atoms with van der Waals surface area (Å²) in [6.07, 6.45) is 0. The molecule has 0 bridgehead atoms. The topological polar surface area (TPSA) is 93.3 Å². The summed E-state index contributed by atoms with van der Waals surface area (Å²) in [6.45, 7) is 4.97. The Bertz CT molecular complexity index is 881. The van der Waals surface area contributed by atoms with E-state index in [-0.39, 0.29) is 23.3 Å². The molecule has 2 heterocycles. The first-order valence-electron chi connectivity index (χ1n) is 7.74. The molecule has 126 valence electrons. The number of aliphatic hydroxyl groups is 1. The van der Waals surface area contributed by atoms with Crippen LogP contribution in [0, 0.1) is 25.2 Å². The summed E-state index contributed by atoms with van der Waals surface area (Å²) in [5.41, 5.74) is 2.18. The van der Waals surface area contributed by atoms with Crippen LogP contribution in [0.5, 0.6) is 0 Å². The van der Waals surface area contributed by atoms with Crippen molar-refractivity contribution in [1.82, 2.24) is 15.0 Å². The highest BCUT2D eigenvalue weighted by Crippen LogP contribution is 2.40. The minimum Gasteiger partial charge on any atom is -0.492 e. The number of hydrazine groups is 1. The average Bonchev–Trinajstić information content (AvgIpc) is 2.87. The van der Waals surface area contributed by atoms with Gasteiger partial charge in [-0.3, -0.25) is 4.79 Å². The molecule has 1 aromatic heterocycles. The van der Waals surface area contributed by atoms with Gasteiger partial charge < -0.3 is 5.11 Å². The highest BCUT2D eigenvalue weighted by Gasteiger charge is 2.44. The molecule has 25 heavy (non-hydrogen) atoms. The van der Waals surface area contributed by atoms with Gasteiger partial charge in [0.1, 0.15) is 17.7 Å². The van der Waals surface area contributed by atoms with Gasteiger partial charge in [0.25, 0.3) is 5.95 Å². The van der Waals surface area contributed by atoms with E-state index in [0.29, 0.717) is 17.0 Å². The van der Waals surface area contributed by atoms with E-state index in [2.05, 4.69) is 9.97 Å². The van der Waals surface area contributed by atoms with E-state index in [4.69, 9.17) is 0 Å². The number of amides is 1. The molecule has 0 saturated carbocycles. The number of anilines is 1. The zero-order valence-corrected chi connectivity index (χ0v) is 14.1. The first-order valence-corrected chi connectivity index (χ1v) is 7.74. The van der Waals surface area contributed by atoms with Crippen molar-refractivity contribution in [3.05, 3.63) is 64.8 Å². The van der Waals surface area contributed by atoms with E-state index in [9.17, 15) is 15.2 Å². The van der Waals surface area contributed by atoms with Crippen LogP contribution in [0.2, 0.25) is 0 Å². The summed E-state index contributed by atoms with van der Waals surface area (Å²) in [5.74, 6) is -0.527. The molecular formula is C18H17N5O2. The third-order valence-corrected chi connectivity index (χ3v) is 3.89. The van der Waals surface area contributed by atoms with Gasteiger partial charge in [0, 0.05) is 18.3 Å². The molecular weight excluding hydrogens is 318 g/mol. The Balaban J connectivity index is 2.20. The van der Waals surface area contributed by atoms with Gasteiger partial charge in [-0.2, -0.15) is 10.3 Å². The van der Waals surface area contributed by atoms with E-state index < -0.39 is 6.04 Å². The van der Waals surface area contributed by atoms with Crippen LogP contribution in [0.15, 0.2) is 47.9 Å². The summed E-state index contributed by atoms with van der Waals surface area (Å²) in [4.78, 5) is 21.0. The first-order chi connectivity index (χ1) is 11.9. The van der Waals surface area contributed by atoms with Crippen molar-refractivity contribution in [2.45, 2.75) is 26.8 Å². The predicted molar refractivity (Wildman–Crippen MR) is 91.0 cm³/mol. The van der Waals surface area contributed by atoms with Gasteiger partial charge in [0.2, 0.25) is 11.8 Å². The molecule has 0 spiro atoms. The number of nitrogens with zero attached hydrogens (tertiary/aromatic N) is 5. The smallest absolute Gasteiger partial charge is 0.252 e. The van der Waals surface area contributed by atoms with Crippen LogP contribution in [-0.2, 0) is 4.79 Å². The lowest BCUT2D eigenvalue weighted by atomic mass is 10.0. The van der Waals surface area contributed by atoms with E-state index in [0.717, 1.165) is 0 Å². The number of nitriles is 1. The Hall–Kier alpha value is -3.40. The molecule has 1 atom stereocenters. The Morgan fingerprint density at radius 1 is 1.20 bits per heavy atom. The minimum atomic E-state index is -0.729. The summed E-state index contributed by atoms with van der Waals surface area (Å²) in [6, 6.07) is 12.2. The molecule has 7 nitrogen and oxygen atoms in total. The molecule has 0 fully saturated rings. The molecule has 0 radical (unpaired) electrons. The summed E-state index contributed by atoms with van der Waals surface area (Å²) < 4.78 is 0. The SMILES string of the molecule is CC(=O)N1C(c2ccccc2)C(C#N)=C(O)N1c1nc(C)cc(C)n1.